The van der Waals surface area contributed by atoms with Crippen molar-refractivity contribution in [2.45, 2.75) is 39.7 Å². The van der Waals surface area contributed by atoms with Gasteiger partial charge in [0.1, 0.15) is 0 Å². The second-order valence-electron chi connectivity index (χ2n) is 5.40. The van der Waals surface area contributed by atoms with Gasteiger partial charge in [-0.05, 0) is 38.6 Å². The van der Waals surface area contributed by atoms with E-state index >= 15 is 0 Å². The molecule has 0 aliphatic rings. The molecule has 0 amide bonds. The minimum atomic E-state index is -0.552. The van der Waals surface area contributed by atoms with Crippen molar-refractivity contribution in [2.24, 2.45) is 0 Å². The summed E-state index contributed by atoms with van der Waals surface area (Å²) in [5.41, 5.74) is 0.0321. The summed E-state index contributed by atoms with van der Waals surface area (Å²) >= 11 is 6.12. The molecule has 0 aliphatic carbocycles. The van der Waals surface area contributed by atoms with Crippen molar-refractivity contribution in [3.05, 3.63) is 35.0 Å². The Morgan fingerprint density at radius 3 is 2.48 bits per heavy atom. The lowest BCUT2D eigenvalue weighted by Crippen LogP contribution is -2.51. The largest absolute Gasteiger partial charge is 0.451 e. The molecule has 1 aromatic carbocycles. The van der Waals surface area contributed by atoms with Gasteiger partial charge in [-0.2, -0.15) is 0 Å². The van der Waals surface area contributed by atoms with Crippen LogP contribution >= 0.6 is 11.6 Å². The number of carbonyl (C=O) groups excluding carboxylic acids is 1. The standard InChI is InChI=1S/C17H22ClNO2/c1-5-17(4,19(6-2)7-3)16(20)14-11-12-9-8-10-13(18)15(12)21-14/h8-11H,5-7H2,1-4H3. The Morgan fingerprint density at radius 2 is 1.95 bits per heavy atom. The van der Waals surface area contributed by atoms with E-state index in [0.29, 0.717) is 16.4 Å². The van der Waals surface area contributed by atoms with E-state index in [1.165, 1.54) is 0 Å². The van der Waals surface area contributed by atoms with Gasteiger partial charge in [0, 0.05) is 5.39 Å². The molecule has 0 saturated carbocycles. The van der Waals surface area contributed by atoms with Crippen LogP contribution in [0, 0.1) is 0 Å². The summed E-state index contributed by atoms with van der Waals surface area (Å²) in [6, 6.07) is 7.33. The molecule has 1 atom stereocenters. The summed E-state index contributed by atoms with van der Waals surface area (Å²) in [5.74, 6) is 0.398. The van der Waals surface area contributed by atoms with Gasteiger partial charge in [-0.15, -0.1) is 0 Å². The number of halogens is 1. The van der Waals surface area contributed by atoms with Crippen molar-refractivity contribution in [3.8, 4) is 0 Å². The highest BCUT2D eigenvalue weighted by atomic mass is 35.5. The highest BCUT2D eigenvalue weighted by molar-refractivity contribution is 6.34. The SMILES string of the molecule is CCN(CC)C(C)(CC)C(=O)c1cc2cccc(Cl)c2o1. The Labute approximate surface area is 130 Å². The number of para-hydroxylation sites is 1. The van der Waals surface area contributed by atoms with E-state index in [2.05, 4.69) is 18.7 Å². The molecule has 1 unspecified atom stereocenters. The maximum atomic E-state index is 13.0. The van der Waals surface area contributed by atoms with Crippen LogP contribution in [0.3, 0.4) is 0 Å². The molecule has 0 radical (unpaired) electrons. The molecule has 1 heterocycles. The molecule has 4 heteroatoms. The first-order chi connectivity index (χ1) is 9.97. The number of benzene rings is 1. The van der Waals surface area contributed by atoms with Gasteiger partial charge in [-0.25, -0.2) is 0 Å². The monoisotopic (exact) mass is 307 g/mol. The Balaban J connectivity index is 2.47. The zero-order chi connectivity index (χ0) is 15.6. The summed E-state index contributed by atoms with van der Waals surface area (Å²) in [6.07, 6.45) is 0.734. The van der Waals surface area contributed by atoms with E-state index in [1.807, 2.05) is 26.0 Å². The third-order valence-corrected chi connectivity index (χ3v) is 4.66. The predicted molar refractivity (Wildman–Crippen MR) is 87.2 cm³/mol. The van der Waals surface area contributed by atoms with Crippen LogP contribution in [0.5, 0.6) is 0 Å². The van der Waals surface area contributed by atoms with Crippen molar-refractivity contribution in [1.82, 2.24) is 4.90 Å². The molecular formula is C17H22ClNO2. The summed E-state index contributed by atoms with van der Waals surface area (Å²) in [5, 5.41) is 1.40. The molecule has 0 bridgehead atoms. The minimum absolute atomic E-state index is 0.0148. The van der Waals surface area contributed by atoms with Crippen LogP contribution in [0.25, 0.3) is 11.0 Å². The predicted octanol–water partition coefficient (Wildman–Crippen LogP) is 4.78. The van der Waals surface area contributed by atoms with Gasteiger partial charge in [0.15, 0.2) is 11.3 Å². The number of furan rings is 1. The van der Waals surface area contributed by atoms with Gasteiger partial charge in [-0.3, -0.25) is 9.69 Å². The van der Waals surface area contributed by atoms with E-state index < -0.39 is 5.54 Å². The molecule has 0 saturated heterocycles. The Hall–Kier alpha value is -1.32. The van der Waals surface area contributed by atoms with E-state index in [-0.39, 0.29) is 5.78 Å². The first-order valence-electron chi connectivity index (χ1n) is 7.45. The highest BCUT2D eigenvalue weighted by Gasteiger charge is 2.38. The van der Waals surface area contributed by atoms with Crippen molar-refractivity contribution >= 4 is 28.4 Å². The quantitative estimate of drug-likeness (QED) is 0.720. The number of hydrogen-bond donors (Lipinski definition) is 0. The lowest BCUT2D eigenvalue weighted by molar-refractivity contribution is 0.0581. The number of rotatable bonds is 6. The van der Waals surface area contributed by atoms with Crippen LogP contribution in [0.1, 0.15) is 44.7 Å². The number of ketones is 1. The second kappa shape index (κ2) is 6.20. The molecule has 0 spiro atoms. The molecule has 114 valence electrons. The minimum Gasteiger partial charge on any atom is -0.451 e. The Kier molecular flexibility index (Phi) is 4.74. The second-order valence-corrected chi connectivity index (χ2v) is 5.80. The van der Waals surface area contributed by atoms with Crippen molar-refractivity contribution in [3.63, 3.8) is 0 Å². The molecule has 3 nitrogen and oxygen atoms in total. The van der Waals surface area contributed by atoms with Crippen LogP contribution in [-0.4, -0.2) is 29.3 Å². The normalized spacial score (nSPS) is 14.6. The lowest BCUT2D eigenvalue weighted by atomic mass is 9.89. The Morgan fingerprint density at radius 1 is 1.29 bits per heavy atom. The van der Waals surface area contributed by atoms with E-state index in [4.69, 9.17) is 16.0 Å². The third kappa shape index (κ3) is 2.72. The van der Waals surface area contributed by atoms with Gasteiger partial charge in [0.25, 0.3) is 0 Å². The summed E-state index contributed by atoms with van der Waals surface area (Å²) in [4.78, 5) is 15.1. The van der Waals surface area contributed by atoms with Gasteiger partial charge in [-0.1, -0.05) is 44.5 Å². The number of nitrogens with zero attached hydrogens (tertiary/aromatic N) is 1. The van der Waals surface area contributed by atoms with E-state index in [1.54, 1.807) is 12.1 Å². The fourth-order valence-corrected chi connectivity index (χ4v) is 3.07. The first-order valence-corrected chi connectivity index (χ1v) is 7.83. The van der Waals surface area contributed by atoms with Gasteiger partial charge in [0.05, 0.1) is 10.6 Å². The van der Waals surface area contributed by atoms with Crippen molar-refractivity contribution in [1.29, 1.82) is 0 Å². The molecule has 1 aromatic heterocycles. The number of fused-ring (bicyclic) bond motifs is 1. The van der Waals surface area contributed by atoms with Crippen LogP contribution in [-0.2, 0) is 0 Å². The van der Waals surface area contributed by atoms with Crippen LogP contribution in [0.2, 0.25) is 5.02 Å². The fourth-order valence-electron chi connectivity index (χ4n) is 2.85. The van der Waals surface area contributed by atoms with Crippen molar-refractivity contribution in [2.75, 3.05) is 13.1 Å². The Bertz CT molecular complexity index is 645. The van der Waals surface area contributed by atoms with Crippen LogP contribution in [0.15, 0.2) is 28.7 Å². The zero-order valence-corrected chi connectivity index (χ0v) is 13.8. The molecule has 0 fully saturated rings. The maximum Gasteiger partial charge on any atom is 0.217 e. The van der Waals surface area contributed by atoms with Gasteiger partial charge < -0.3 is 4.42 Å². The van der Waals surface area contributed by atoms with E-state index in [9.17, 15) is 4.79 Å². The first kappa shape index (κ1) is 16.1. The molecule has 2 rings (SSSR count). The van der Waals surface area contributed by atoms with Gasteiger partial charge in [0.2, 0.25) is 5.78 Å². The number of likely N-dealkylation sites (N-methyl/N-ethyl adjacent to an activating group) is 1. The molecule has 21 heavy (non-hydrogen) atoms. The zero-order valence-electron chi connectivity index (χ0n) is 13.1. The van der Waals surface area contributed by atoms with Gasteiger partial charge >= 0.3 is 0 Å². The summed E-state index contributed by atoms with van der Waals surface area (Å²) in [7, 11) is 0. The van der Waals surface area contributed by atoms with Crippen molar-refractivity contribution < 1.29 is 9.21 Å². The smallest absolute Gasteiger partial charge is 0.217 e. The topological polar surface area (TPSA) is 33.5 Å². The van der Waals surface area contributed by atoms with Crippen LogP contribution < -0.4 is 0 Å². The number of carbonyl (C=O) groups is 1. The molecule has 0 aliphatic heterocycles. The summed E-state index contributed by atoms with van der Waals surface area (Å²) in [6.45, 7) is 9.81. The molecule has 0 N–H and O–H groups in total. The van der Waals surface area contributed by atoms with E-state index in [0.717, 1.165) is 24.9 Å². The highest BCUT2D eigenvalue weighted by Crippen LogP contribution is 2.31. The van der Waals surface area contributed by atoms with Crippen LogP contribution in [0.4, 0.5) is 0 Å². The number of Topliss-reactive ketones (excluding diaryl/α,β-unsaturated/α-hetero) is 1. The molecule has 2 aromatic rings. The molecular weight excluding hydrogens is 286 g/mol. The summed E-state index contributed by atoms with van der Waals surface area (Å²) < 4.78 is 5.74. The fraction of sp³-hybridized carbons (Fsp3) is 0.471. The maximum absolute atomic E-state index is 13.0. The average molecular weight is 308 g/mol. The lowest BCUT2D eigenvalue weighted by Gasteiger charge is -2.37. The third-order valence-electron chi connectivity index (χ3n) is 4.36. The average Bonchev–Trinajstić information content (AvgIpc) is 2.92. The number of hydrogen-bond acceptors (Lipinski definition) is 3.